The molecule has 0 aliphatic rings. The van der Waals surface area contributed by atoms with Gasteiger partial charge in [0.2, 0.25) is 0 Å². The summed E-state index contributed by atoms with van der Waals surface area (Å²) in [5.41, 5.74) is 3.78. The Hall–Kier alpha value is -0.800. The summed E-state index contributed by atoms with van der Waals surface area (Å²) < 4.78 is 1.14. The Bertz CT molecular complexity index is 514. The van der Waals surface area contributed by atoms with Gasteiger partial charge < -0.3 is 10.3 Å². The molecule has 0 aliphatic carbocycles. The van der Waals surface area contributed by atoms with E-state index in [1.165, 1.54) is 22.2 Å². The van der Waals surface area contributed by atoms with Crippen LogP contribution in [0.3, 0.4) is 0 Å². The quantitative estimate of drug-likeness (QED) is 0.877. The van der Waals surface area contributed by atoms with Crippen molar-refractivity contribution in [2.24, 2.45) is 5.92 Å². The molecule has 0 aliphatic heterocycles. The van der Waals surface area contributed by atoms with Crippen LogP contribution in [0.25, 0.3) is 10.9 Å². The van der Waals surface area contributed by atoms with Crippen molar-refractivity contribution in [3.8, 4) is 0 Å². The van der Waals surface area contributed by atoms with Crippen molar-refractivity contribution < 1.29 is 0 Å². The third kappa shape index (κ3) is 3.11. The zero-order chi connectivity index (χ0) is 12.4. The maximum atomic E-state index is 3.53. The molecule has 2 nitrogen and oxygen atoms in total. The van der Waals surface area contributed by atoms with Crippen LogP contribution in [0, 0.1) is 12.8 Å². The lowest BCUT2D eigenvalue weighted by Crippen LogP contribution is -2.19. The Morgan fingerprint density at radius 2 is 2.06 bits per heavy atom. The number of benzene rings is 1. The zero-order valence-corrected chi connectivity index (χ0v) is 12.2. The largest absolute Gasteiger partial charge is 0.357 e. The number of hydrogen-bond donors (Lipinski definition) is 2. The van der Waals surface area contributed by atoms with Gasteiger partial charge in [-0.25, -0.2) is 0 Å². The van der Waals surface area contributed by atoms with Crippen LogP contribution in [-0.2, 0) is 6.54 Å². The van der Waals surface area contributed by atoms with Crippen LogP contribution >= 0.6 is 15.9 Å². The average Bonchev–Trinajstić information content (AvgIpc) is 2.60. The van der Waals surface area contributed by atoms with E-state index in [1.54, 1.807) is 0 Å². The summed E-state index contributed by atoms with van der Waals surface area (Å²) in [6.45, 7) is 8.54. The first kappa shape index (κ1) is 12.7. The number of fused-ring (bicyclic) bond motifs is 1. The molecule has 17 heavy (non-hydrogen) atoms. The number of rotatable bonds is 4. The molecule has 3 heteroatoms. The normalized spacial score (nSPS) is 11.6. The second-order valence-corrected chi connectivity index (χ2v) is 5.92. The van der Waals surface area contributed by atoms with Gasteiger partial charge in [-0.05, 0) is 43.1 Å². The Morgan fingerprint density at radius 3 is 2.76 bits per heavy atom. The summed E-state index contributed by atoms with van der Waals surface area (Å²) >= 11 is 3.53. The third-order valence-corrected chi connectivity index (χ3v) is 3.27. The third-order valence-electron chi connectivity index (χ3n) is 2.81. The van der Waals surface area contributed by atoms with Crippen LogP contribution in [0.1, 0.15) is 25.1 Å². The first-order valence-electron chi connectivity index (χ1n) is 6.04. The van der Waals surface area contributed by atoms with Crippen LogP contribution < -0.4 is 5.32 Å². The highest BCUT2D eigenvalue weighted by atomic mass is 79.9. The number of nitrogens with one attached hydrogen (secondary N) is 2. The molecule has 92 valence electrons. The van der Waals surface area contributed by atoms with E-state index >= 15 is 0 Å². The minimum Gasteiger partial charge on any atom is -0.357 e. The van der Waals surface area contributed by atoms with Crippen LogP contribution in [0.4, 0.5) is 0 Å². The smallest absolute Gasteiger partial charge is 0.0486 e. The summed E-state index contributed by atoms with van der Waals surface area (Å²) in [5.74, 6) is 0.690. The van der Waals surface area contributed by atoms with E-state index in [9.17, 15) is 0 Å². The fourth-order valence-corrected chi connectivity index (χ4v) is 2.62. The van der Waals surface area contributed by atoms with Crippen molar-refractivity contribution in [2.45, 2.75) is 27.3 Å². The van der Waals surface area contributed by atoms with Gasteiger partial charge in [-0.3, -0.25) is 0 Å². The minimum absolute atomic E-state index is 0.690. The standard InChI is InChI=1S/C14H19BrN2/c1-9(2)7-16-8-13-6-11-5-12(15)4-10(3)14(11)17-13/h4-6,9,16-17H,7-8H2,1-3H3. The highest BCUT2D eigenvalue weighted by Crippen LogP contribution is 2.24. The van der Waals surface area contributed by atoms with Gasteiger partial charge >= 0.3 is 0 Å². The van der Waals surface area contributed by atoms with Gasteiger partial charge in [-0.2, -0.15) is 0 Å². The second-order valence-electron chi connectivity index (χ2n) is 5.01. The van der Waals surface area contributed by atoms with Gasteiger partial charge in [-0.15, -0.1) is 0 Å². The van der Waals surface area contributed by atoms with Gasteiger partial charge in [-0.1, -0.05) is 29.8 Å². The van der Waals surface area contributed by atoms with Gasteiger partial charge in [0.05, 0.1) is 0 Å². The maximum absolute atomic E-state index is 3.53. The molecular formula is C14H19BrN2. The molecule has 0 atom stereocenters. The average molecular weight is 295 g/mol. The van der Waals surface area contributed by atoms with E-state index < -0.39 is 0 Å². The lowest BCUT2D eigenvalue weighted by molar-refractivity contribution is 0.549. The van der Waals surface area contributed by atoms with E-state index in [4.69, 9.17) is 0 Å². The van der Waals surface area contributed by atoms with Crippen molar-refractivity contribution in [2.75, 3.05) is 6.54 Å². The predicted octanol–water partition coefficient (Wildman–Crippen LogP) is 3.98. The van der Waals surface area contributed by atoms with Crippen LogP contribution in [0.5, 0.6) is 0 Å². The molecule has 0 saturated carbocycles. The molecule has 1 heterocycles. The van der Waals surface area contributed by atoms with Crippen LogP contribution in [0.15, 0.2) is 22.7 Å². The first-order valence-corrected chi connectivity index (χ1v) is 6.84. The molecule has 1 aromatic carbocycles. The van der Waals surface area contributed by atoms with Crippen molar-refractivity contribution in [3.63, 3.8) is 0 Å². The number of halogens is 1. The van der Waals surface area contributed by atoms with Gasteiger partial charge in [0.25, 0.3) is 0 Å². The van der Waals surface area contributed by atoms with Crippen LogP contribution in [-0.4, -0.2) is 11.5 Å². The molecule has 0 fully saturated rings. The predicted molar refractivity (Wildman–Crippen MR) is 77.3 cm³/mol. The Morgan fingerprint density at radius 1 is 1.29 bits per heavy atom. The molecule has 2 aromatic rings. The highest BCUT2D eigenvalue weighted by molar-refractivity contribution is 9.10. The molecular weight excluding hydrogens is 276 g/mol. The minimum atomic E-state index is 0.690. The van der Waals surface area contributed by atoms with Crippen molar-refractivity contribution in [3.05, 3.63) is 33.9 Å². The van der Waals surface area contributed by atoms with E-state index in [1.807, 2.05) is 0 Å². The lowest BCUT2D eigenvalue weighted by atomic mass is 10.2. The molecule has 0 bridgehead atoms. The summed E-state index contributed by atoms with van der Waals surface area (Å²) in [7, 11) is 0. The van der Waals surface area contributed by atoms with Crippen molar-refractivity contribution in [1.29, 1.82) is 0 Å². The molecule has 1 aromatic heterocycles. The Labute approximate surface area is 111 Å². The SMILES string of the molecule is Cc1cc(Br)cc2cc(CNCC(C)C)[nH]c12. The number of aryl methyl sites for hydroxylation is 1. The maximum Gasteiger partial charge on any atom is 0.0486 e. The number of H-pyrrole nitrogens is 1. The molecule has 0 spiro atoms. The molecule has 0 amide bonds. The van der Waals surface area contributed by atoms with Crippen molar-refractivity contribution >= 4 is 26.8 Å². The molecule has 2 rings (SSSR count). The van der Waals surface area contributed by atoms with E-state index in [2.05, 4.69) is 65.2 Å². The van der Waals surface area contributed by atoms with E-state index in [0.717, 1.165) is 17.6 Å². The summed E-state index contributed by atoms with van der Waals surface area (Å²) in [4.78, 5) is 3.48. The molecule has 0 saturated heterocycles. The van der Waals surface area contributed by atoms with E-state index in [-0.39, 0.29) is 0 Å². The van der Waals surface area contributed by atoms with Gasteiger partial charge in [0.1, 0.15) is 0 Å². The monoisotopic (exact) mass is 294 g/mol. The second kappa shape index (κ2) is 5.23. The number of aromatic amines is 1. The summed E-state index contributed by atoms with van der Waals surface area (Å²) in [6, 6.07) is 6.52. The molecule has 2 N–H and O–H groups in total. The summed E-state index contributed by atoms with van der Waals surface area (Å²) in [5, 5.41) is 4.73. The molecule has 0 unspecified atom stereocenters. The topological polar surface area (TPSA) is 27.8 Å². The first-order chi connectivity index (χ1) is 8.06. The Balaban J connectivity index is 2.17. The fourth-order valence-electron chi connectivity index (χ4n) is 2.03. The van der Waals surface area contributed by atoms with Crippen LogP contribution in [0.2, 0.25) is 0 Å². The van der Waals surface area contributed by atoms with E-state index in [0.29, 0.717) is 5.92 Å². The number of aromatic nitrogens is 1. The fraction of sp³-hybridized carbons (Fsp3) is 0.429. The highest BCUT2D eigenvalue weighted by Gasteiger charge is 2.04. The summed E-state index contributed by atoms with van der Waals surface area (Å²) in [6.07, 6.45) is 0. The van der Waals surface area contributed by atoms with Crippen molar-refractivity contribution in [1.82, 2.24) is 10.3 Å². The molecule has 0 radical (unpaired) electrons. The zero-order valence-electron chi connectivity index (χ0n) is 10.6. The van der Waals surface area contributed by atoms with Gasteiger partial charge in [0, 0.05) is 27.6 Å². The number of hydrogen-bond acceptors (Lipinski definition) is 1. The lowest BCUT2D eigenvalue weighted by Gasteiger charge is -2.05. The van der Waals surface area contributed by atoms with Gasteiger partial charge in [0.15, 0.2) is 0 Å². The Kier molecular flexibility index (Phi) is 3.89.